The minimum Gasteiger partial charge on any atom is -0.388 e. The zero-order valence-corrected chi connectivity index (χ0v) is 12.0. The maximum absolute atomic E-state index is 11.6. The molecular formula is C12H17BrN2O3. The number of halogens is 1. The normalized spacial score (nSPS) is 14.0. The van der Waals surface area contributed by atoms with Crippen LogP contribution in [-0.2, 0) is 11.3 Å². The molecule has 0 saturated heterocycles. The van der Waals surface area contributed by atoms with Crippen LogP contribution < -0.4 is 10.9 Å². The fraction of sp³-hybridized carbons (Fsp3) is 0.500. The highest BCUT2D eigenvalue weighted by molar-refractivity contribution is 9.10. The monoisotopic (exact) mass is 316 g/mol. The van der Waals surface area contributed by atoms with Gasteiger partial charge in [-0.15, -0.1) is 0 Å². The summed E-state index contributed by atoms with van der Waals surface area (Å²) in [7, 11) is 0. The molecule has 0 spiro atoms. The number of hydrogen-bond acceptors (Lipinski definition) is 3. The van der Waals surface area contributed by atoms with Crippen LogP contribution in [0.5, 0.6) is 0 Å². The van der Waals surface area contributed by atoms with E-state index in [2.05, 4.69) is 21.2 Å². The number of hydrogen-bond donors (Lipinski definition) is 2. The van der Waals surface area contributed by atoms with Crippen LogP contribution in [0.4, 0.5) is 0 Å². The molecule has 6 heteroatoms. The summed E-state index contributed by atoms with van der Waals surface area (Å²) in [6.45, 7) is 3.60. The summed E-state index contributed by atoms with van der Waals surface area (Å²) < 4.78 is 2.04. The molecule has 1 aromatic rings. The maximum atomic E-state index is 11.6. The number of pyridine rings is 1. The molecule has 1 heterocycles. The Morgan fingerprint density at radius 3 is 2.83 bits per heavy atom. The second-order valence-electron chi connectivity index (χ2n) is 4.44. The van der Waals surface area contributed by atoms with Gasteiger partial charge in [0.05, 0.1) is 5.60 Å². The summed E-state index contributed by atoms with van der Waals surface area (Å²) in [6, 6.07) is 3.01. The molecule has 5 nitrogen and oxygen atoms in total. The minimum absolute atomic E-state index is 0.0575. The minimum atomic E-state index is -0.919. The highest BCUT2D eigenvalue weighted by Crippen LogP contribution is 2.06. The molecule has 1 rings (SSSR count). The quantitative estimate of drug-likeness (QED) is 0.847. The first kappa shape index (κ1) is 14.9. The average Bonchev–Trinajstić information content (AvgIpc) is 2.31. The second-order valence-corrected chi connectivity index (χ2v) is 5.36. The fourth-order valence-corrected chi connectivity index (χ4v) is 1.63. The van der Waals surface area contributed by atoms with Gasteiger partial charge < -0.3 is 15.0 Å². The van der Waals surface area contributed by atoms with Crippen LogP contribution in [0.25, 0.3) is 0 Å². The Morgan fingerprint density at radius 1 is 1.56 bits per heavy atom. The van der Waals surface area contributed by atoms with Crippen molar-refractivity contribution in [2.45, 2.75) is 32.4 Å². The maximum Gasteiger partial charge on any atom is 0.251 e. The number of nitrogens with one attached hydrogen (secondary N) is 1. The average molecular weight is 317 g/mol. The van der Waals surface area contributed by atoms with Gasteiger partial charge in [0.15, 0.2) is 0 Å². The van der Waals surface area contributed by atoms with E-state index >= 15 is 0 Å². The van der Waals surface area contributed by atoms with Crippen molar-refractivity contribution in [3.8, 4) is 0 Å². The van der Waals surface area contributed by atoms with E-state index in [1.165, 1.54) is 10.6 Å². The Balaban J connectivity index is 2.60. The Hall–Kier alpha value is -1.14. The highest BCUT2D eigenvalue weighted by atomic mass is 79.9. The van der Waals surface area contributed by atoms with Crippen molar-refractivity contribution in [1.82, 2.24) is 9.88 Å². The van der Waals surface area contributed by atoms with Crippen molar-refractivity contribution in [3.05, 3.63) is 33.2 Å². The van der Waals surface area contributed by atoms with E-state index in [1.807, 2.05) is 6.92 Å². The van der Waals surface area contributed by atoms with Gasteiger partial charge in [-0.3, -0.25) is 9.59 Å². The number of rotatable bonds is 5. The standard InChI is InChI=1S/C12H17BrN2O3/c1-3-12(2,18)8-14-10(16)7-15-6-9(13)4-5-11(15)17/h4-6,18H,3,7-8H2,1-2H3,(H,14,16). The van der Waals surface area contributed by atoms with Crippen molar-refractivity contribution in [2.24, 2.45) is 0 Å². The van der Waals surface area contributed by atoms with Crippen LogP contribution in [0, 0.1) is 0 Å². The number of amides is 1. The van der Waals surface area contributed by atoms with E-state index in [-0.39, 0.29) is 24.6 Å². The zero-order chi connectivity index (χ0) is 13.8. The smallest absolute Gasteiger partial charge is 0.251 e. The third-order valence-electron chi connectivity index (χ3n) is 2.69. The van der Waals surface area contributed by atoms with E-state index < -0.39 is 5.60 Å². The molecule has 0 saturated carbocycles. The number of carbonyl (C=O) groups is 1. The predicted molar refractivity (Wildman–Crippen MR) is 72.3 cm³/mol. The van der Waals surface area contributed by atoms with Gasteiger partial charge >= 0.3 is 0 Å². The molecule has 0 aliphatic carbocycles. The highest BCUT2D eigenvalue weighted by Gasteiger charge is 2.18. The second kappa shape index (κ2) is 6.15. The Bertz CT molecular complexity index is 482. The van der Waals surface area contributed by atoms with Gasteiger partial charge in [-0.25, -0.2) is 0 Å². The summed E-state index contributed by atoms with van der Waals surface area (Å²) in [4.78, 5) is 23.1. The van der Waals surface area contributed by atoms with Gasteiger partial charge in [0, 0.05) is 23.3 Å². The summed E-state index contributed by atoms with van der Waals surface area (Å²) in [5, 5.41) is 12.4. The van der Waals surface area contributed by atoms with Crippen molar-refractivity contribution < 1.29 is 9.90 Å². The van der Waals surface area contributed by atoms with Crippen LogP contribution in [0.1, 0.15) is 20.3 Å². The molecule has 1 amide bonds. The first-order valence-electron chi connectivity index (χ1n) is 5.69. The number of nitrogens with zero attached hydrogens (tertiary/aromatic N) is 1. The van der Waals surface area contributed by atoms with Crippen LogP contribution in [0.3, 0.4) is 0 Å². The third-order valence-corrected chi connectivity index (χ3v) is 3.16. The van der Waals surface area contributed by atoms with Crippen LogP contribution in [-0.4, -0.2) is 27.7 Å². The van der Waals surface area contributed by atoms with Crippen molar-refractivity contribution in [2.75, 3.05) is 6.54 Å². The molecule has 0 radical (unpaired) electrons. The van der Waals surface area contributed by atoms with E-state index in [0.717, 1.165) is 4.47 Å². The topological polar surface area (TPSA) is 71.3 Å². The van der Waals surface area contributed by atoms with Gasteiger partial charge in [-0.1, -0.05) is 6.92 Å². The van der Waals surface area contributed by atoms with Crippen LogP contribution in [0.2, 0.25) is 0 Å². The summed E-state index contributed by atoms with van der Waals surface area (Å²) >= 11 is 3.24. The van der Waals surface area contributed by atoms with E-state index in [9.17, 15) is 14.7 Å². The summed E-state index contributed by atoms with van der Waals surface area (Å²) in [5.74, 6) is -0.302. The largest absolute Gasteiger partial charge is 0.388 e. The van der Waals surface area contributed by atoms with Gasteiger partial charge in [0.25, 0.3) is 5.56 Å². The van der Waals surface area contributed by atoms with Gasteiger partial charge in [0.1, 0.15) is 6.54 Å². The van der Waals surface area contributed by atoms with Crippen LogP contribution in [0.15, 0.2) is 27.6 Å². The van der Waals surface area contributed by atoms with E-state index in [1.54, 1.807) is 19.2 Å². The Morgan fingerprint density at radius 2 is 2.22 bits per heavy atom. The molecule has 100 valence electrons. The van der Waals surface area contributed by atoms with Gasteiger partial charge in [-0.05, 0) is 35.3 Å². The Labute approximate surface area is 114 Å². The first-order valence-corrected chi connectivity index (χ1v) is 6.48. The lowest BCUT2D eigenvalue weighted by molar-refractivity contribution is -0.122. The first-order chi connectivity index (χ1) is 8.34. The van der Waals surface area contributed by atoms with E-state index in [4.69, 9.17) is 0 Å². The molecule has 2 N–H and O–H groups in total. The fourth-order valence-electron chi connectivity index (χ4n) is 1.25. The van der Waals surface area contributed by atoms with Crippen molar-refractivity contribution >= 4 is 21.8 Å². The van der Waals surface area contributed by atoms with Crippen molar-refractivity contribution in [3.63, 3.8) is 0 Å². The lowest BCUT2D eigenvalue weighted by Gasteiger charge is -2.21. The lowest BCUT2D eigenvalue weighted by atomic mass is 10.0. The molecule has 1 unspecified atom stereocenters. The molecule has 1 aromatic heterocycles. The summed E-state index contributed by atoms with van der Waals surface area (Å²) in [6.07, 6.45) is 2.10. The Kier molecular flexibility index (Phi) is 5.10. The molecule has 1 atom stereocenters. The number of carbonyl (C=O) groups excluding carboxylic acids is 1. The molecule has 0 aliphatic rings. The summed E-state index contributed by atoms with van der Waals surface area (Å²) in [5.41, 5.74) is -1.16. The molecule has 0 bridgehead atoms. The van der Waals surface area contributed by atoms with Gasteiger partial charge in [0.2, 0.25) is 5.91 Å². The SMILES string of the molecule is CCC(C)(O)CNC(=O)Cn1cc(Br)ccc1=O. The van der Waals surface area contributed by atoms with Gasteiger partial charge in [-0.2, -0.15) is 0 Å². The molecule has 18 heavy (non-hydrogen) atoms. The zero-order valence-electron chi connectivity index (χ0n) is 10.4. The molecule has 0 aliphatic heterocycles. The van der Waals surface area contributed by atoms with E-state index in [0.29, 0.717) is 6.42 Å². The third kappa shape index (κ3) is 4.62. The number of aromatic nitrogens is 1. The van der Waals surface area contributed by atoms with Crippen molar-refractivity contribution in [1.29, 1.82) is 0 Å². The van der Waals surface area contributed by atoms with Crippen LogP contribution >= 0.6 is 15.9 Å². The molecule has 0 fully saturated rings. The lowest BCUT2D eigenvalue weighted by Crippen LogP contribution is -2.42. The number of aliphatic hydroxyl groups is 1. The molecular weight excluding hydrogens is 300 g/mol. The predicted octanol–water partition coefficient (Wildman–Crippen LogP) is 0.888. The molecule has 0 aromatic carbocycles.